The fourth-order valence-electron chi connectivity index (χ4n) is 1.20. The minimum absolute atomic E-state index is 0. The Hall–Kier alpha value is -1.12. The molecule has 1 heterocycles. The minimum Gasteiger partial charge on any atom is -0.390 e. The van der Waals surface area contributed by atoms with Gasteiger partial charge in [-0.2, -0.15) is 0 Å². The molecule has 0 aliphatic carbocycles. The van der Waals surface area contributed by atoms with Crippen molar-refractivity contribution >= 4 is 23.3 Å². The molecule has 0 spiro atoms. The second kappa shape index (κ2) is 4.21. The number of aromatic nitrogens is 1. The van der Waals surface area contributed by atoms with Crippen molar-refractivity contribution in [2.45, 2.75) is 6.61 Å². The Morgan fingerprint density at radius 3 is 2.62 bits per heavy atom. The number of rotatable bonds is 1. The highest BCUT2D eigenvalue weighted by Crippen LogP contribution is 2.11. The summed E-state index contributed by atoms with van der Waals surface area (Å²) in [6, 6.07) is 11.7. The predicted octanol–water partition coefficient (Wildman–Crippen LogP) is 2.15. The molecule has 1 N–H and O–H groups in total. The zero-order chi connectivity index (χ0) is 8.39. The van der Waals surface area contributed by atoms with Crippen LogP contribution in [0.1, 0.15) is 5.69 Å². The van der Waals surface area contributed by atoms with E-state index in [0.717, 1.165) is 10.9 Å². The van der Waals surface area contributed by atoms with Gasteiger partial charge in [0.25, 0.3) is 0 Å². The van der Waals surface area contributed by atoms with Gasteiger partial charge in [0.15, 0.2) is 0 Å². The van der Waals surface area contributed by atoms with Gasteiger partial charge in [0.1, 0.15) is 0 Å². The lowest BCUT2D eigenvalue weighted by Gasteiger charge is -1.98. The van der Waals surface area contributed by atoms with Gasteiger partial charge in [-0.1, -0.05) is 24.3 Å². The number of aliphatic hydroxyl groups is 1. The topological polar surface area (TPSA) is 33.1 Å². The van der Waals surface area contributed by atoms with Gasteiger partial charge < -0.3 is 5.11 Å². The van der Waals surface area contributed by atoms with Gasteiger partial charge in [0.05, 0.1) is 17.8 Å². The maximum Gasteiger partial charge on any atom is 0.0853 e. The van der Waals surface area contributed by atoms with E-state index in [2.05, 4.69) is 4.98 Å². The van der Waals surface area contributed by atoms with Gasteiger partial charge in [-0.25, -0.2) is 0 Å². The number of benzene rings is 1. The second-order valence-electron chi connectivity index (χ2n) is 2.65. The number of nitrogens with zero attached hydrogens (tertiary/aromatic N) is 1. The van der Waals surface area contributed by atoms with E-state index in [1.54, 1.807) is 0 Å². The van der Waals surface area contributed by atoms with Crippen LogP contribution in [0.4, 0.5) is 0 Å². The van der Waals surface area contributed by atoms with Gasteiger partial charge in [-0.05, 0) is 12.1 Å². The maximum absolute atomic E-state index is 8.83. The van der Waals surface area contributed by atoms with Crippen LogP contribution in [-0.2, 0) is 6.61 Å². The van der Waals surface area contributed by atoms with E-state index in [4.69, 9.17) is 5.11 Å². The van der Waals surface area contributed by atoms with E-state index in [1.165, 1.54) is 0 Å². The van der Waals surface area contributed by atoms with Crippen molar-refractivity contribution in [2.24, 2.45) is 0 Å². The zero-order valence-electron chi connectivity index (χ0n) is 6.97. The molecule has 0 amide bonds. The Labute approximate surface area is 82.6 Å². The van der Waals surface area contributed by atoms with Gasteiger partial charge in [0, 0.05) is 5.39 Å². The molecule has 0 radical (unpaired) electrons. The van der Waals surface area contributed by atoms with E-state index in [0.29, 0.717) is 5.69 Å². The highest BCUT2D eigenvalue weighted by Gasteiger charge is 1.94. The number of pyridine rings is 1. The average Bonchev–Trinajstić information content (AvgIpc) is 2.17. The van der Waals surface area contributed by atoms with Crippen LogP contribution < -0.4 is 0 Å². The molecule has 0 unspecified atom stereocenters. The highest BCUT2D eigenvalue weighted by molar-refractivity contribution is 5.85. The van der Waals surface area contributed by atoms with Crippen molar-refractivity contribution in [1.29, 1.82) is 0 Å². The molecule has 13 heavy (non-hydrogen) atoms. The number of aliphatic hydroxyl groups excluding tert-OH is 1. The molecule has 0 aliphatic rings. The number of fused-ring (bicyclic) bond motifs is 1. The monoisotopic (exact) mass is 195 g/mol. The first kappa shape index (κ1) is 9.96. The molecule has 2 rings (SSSR count). The third-order valence-electron chi connectivity index (χ3n) is 1.82. The molecule has 68 valence electrons. The molecular weight excluding hydrogens is 186 g/mol. The summed E-state index contributed by atoms with van der Waals surface area (Å²) in [6.07, 6.45) is 0. The largest absolute Gasteiger partial charge is 0.390 e. The van der Waals surface area contributed by atoms with Crippen LogP contribution in [0.25, 0.3) is 10.9 Å². The standard InChI is InChI=1S/C10H9NO.ClH/c12-7-9-6-5-8-3-1-2-4-10(8)11-9;/h1-6,12H,7H2;1H. The minimum atomic E-state index is 0. The van der Waals surface area contributed by atoms with Crippen LogP contribution in [0.2, 0.25) is 0 Å². The molecule has 2 aromatic rings. The first-order valence-electron chi connectivity index (χ1n) is 3.86. The second-order valence-corrected chi connectivity index (χ2v) is 2.65. The van der Waals surface area contributed by atoms with Crippen LogP contribution in [-0.4, -0.2) is 10.1 Å². The van der Waals surface area contributed by atoms with E-state index in [1.807, 2.05) is 36.4 Å². The summed E-state index contributed by atoms with van der Waals surface area (Å²) in [5, 5.41) is 9.94. The van der Waals surface area contributed by atoms with E-state index >= 15 is 0 Å². The average molecular weight is 196 g/mol. The van der Waals surface area contributed by atoms with Gasteiger partial charge in [0.2, 0.25) is 0 Å². The normalized spacial score (nSPS) is 9.62. The van der Waals surface area contributed by atoms with Crippen molar-refractivity contribution in [2.75, 3.05) is 0 Å². The van der Waals surface area contributed by atoms with Crippen LogP contribution in [0.15, 0.2) is 36.4 Å². The Morgan fingerprint density at radius 1 is 1.08 bits per heavy atom. The molecule has 0 saturated carbocycles. The van der Waals surface area contributed by atoms with Gasteiger partial charge >= 0.3 is 0 Å². The van der Waals surface area contributed by atoms with Gasteiger partial charge in [-0.3, -0.25) is 4.98 Å². The molecular formula is C10H10ClNO. The molecule has 0 atom stereocenters. The summed E-state index contributed by atoms with van der Waals surface area (Å²) in [4.78, 5) is 4.24. The van der Waals surface area contributed by atoms with Gasteiger partial charge in [-0.15, -0.1) is 12.4 Å². The van der Waals surface area contributed by atoms with Crippen LogP contribution in [0, 0.1) is 0 Å². The lowest BCUT2D eigenvalue weighted by Crippen LogP contribution is -1.88. The summed E-state index contributed by atoms with van der Waals surface area (Å²) >= 11 is 0. The molecule has 1 aromatic carbocycles. The maximum atomic E-state index is 8.83. The summed E-state index contributed by atoms with van der Waals surface area (Å²) < 4.78 is 0. The predicted molar refractivity (Wildman–Crippen MR) is 54.9 cm³/mol. The molecule has 0 aliphatic heterocycles. The number of hydrogen-bond acceptors (Lipinski definition) is 2. The zero-order valence-corrected chi connectivity index (χ0v) is 7.79. The fraction of sp³-hybridized carbons (Fsp3) is 0.100. The Kier molecular flexibility index (Phi) is 3.23. The number of halogens is 1. The summed E-state index contributed by atoms with van der Waals surface area (Å²) in [5.41, 5.74) is 1.65. The Bertz CT molecular complexity index is 403. The third kappa shape index (κ3) is 1.97. The highest BCUT2D eigenvalue weighted by atomic mass is 35.5. The van der Waals surface area contributed by atoms with Crippen molar-refractivity contribution in [3.05, 3.63) is 42.1 Å². The first-order valence-corrected chi connectivity index (χ1v) is 3.86. The molecule has 0 bridgehead atoms. The molecule has 0 saturated heterocycles. The van der Waals surface area contributed by atoms with E-state index in [9.17, 15) is 0 Å². The number of hydrogen-bond donors (Lipinski definition) is 1. The van der Waals surface area contributed by atoms with Crippen molar-refractivity contribution < 1.29 is 5.11 Å². The smallest absolute Gasteiger partial charge is 0.0853 e. The number of para-hydroxylation sites is 1. The molecule has 0 fully saturated rings. The lowest BCUT2D eigenvalue weighted by atomic mass is 10.2. The molecule has 1 aromatic heterocycles. The third-order valence-corrected chi connectivity index (χ3v) is 1.82. The SMILES string of the molecule is Cl.OCc1ccc2ccccc2n1. The summed E-state index contributed by atoms with van der Waals surface area (Å²) in [5.74, 6) is 0. The van der Waals surface area contributed by atoms with Crippen molar-refractivity contribution in [1.82, 2.24) is 4.98 Å². The Balaban J connectivity index is 0.000000845. The summed E-state index contributed by atoms with van der Waals surface area (Å²) in [6.45, 7) is 0.00480. The van der Waals surface area contributed by atoms with Crippen LogP contribution >= 0.6 is 12.4 Å². The van der Waals surface area contributed by atoms with Crippen molar-refractivity contribution in [3.8, 4) is 0 Å². The quantitative estimate of drug-likeness (QED) is 0.757. The van der Waals surface area contributed by atoms with E-state index in [-0.39, 0.29) is 19.0 Å². The first-order chi connectivity index (χ1) is 5.90. The Morgan fingerprint density at radius 2 is 1.85 bits per heavy atom. The molecule has 3 heteroatoms. The molecule has 2 nitrogen and oxygen atoms in total. The van der Waals surface area contributed by atoms with E-state index < -0.39 is 0 Å². The lowest BCUT2D eigenvalue weighted by molar-refractivity contribution is 0.277. The van der Waals surface area contributed by atoms with Crippen molar-refractivity contribution in [3.63, 3.8) is 0 Å². The van der Waals surface area contributed by atoms with Crippen LogP contribution in [0.5, 0.6) is 0 Å². The summed E-state index contributed by atoms with van der Waals surface area (Å²) in [7, 11) is 0. The fourth-order valence-corrected chi connectivity index (χ4v) is 1.20. The van der Waals surface area contributed by atoms with Crippen LogP contribution in [0.3, 0.4) is 0 Å².